The van der Waals surface area contributed by atoms with Crippen molar-refractivity contribution in [3.8, 4) is 0 Å². The average Bonchev–Trinajstić information content (AvgIpc) is 3.08. The van der Waals surface area contributed by atoms with Gasteiger partial charge >= 0.3 is 0 Å². The molecule has 3 heterocycles. The molecular formula is C17H22BrN3O3S. The van der Waals surface area contributed by atoms with Crippen LogP contribution in [0.15, 0.2) is 22.8 Å². The fourth-order valence-corrected chi connectivity index (χ4v) is 5.32. The third-order valence-corrected chi connectivity index (χ3v) is 7.06. The summed E-state index contributed by atoms with van der Waals surface area (Å²) in [6, 6.07) is 0. The average molecular weight is 428 g/mol. The first-order valence-corrected chi connectivity index (χ1v) is 10.1. The van der Waals surface area contributed by atoms with Crippen LogP contribution < -0.4 is 0 Å². The molecule has 0 saturated carbocycles. The molecule has 0 spiro atoms. The number of rotatable bonds is 3. The predicted molar refractivity (Wildman–Crippen MR) is 99.0 cm³/mol. The van der Waals surface area contributed by atoms with Gasteiger partial charge in [-0.15, -0.1) is 11.3 Å². The Labute approximate surface area is 159 Å². The van der Waals surface area contributed by atoms with Crippen molar-refractivity contribution in [1.82, 2.24) is 14.8 Å². The Morgan fingerprint density at radius 1 is 1.28 bits per heavy atom. The Morgan fingerprint density at radius 3 is 2.44 bits per heavy atom. The molecule has 2 fully saturated rings. The normalized spacial score (nSPS) is 21.2. The lowest BCUT2D eigenvalue weighted by molar-refractivity contribution is -0.143. The molecule has 1 aromatic heterocycles. The first-order valence-electron chi connectivity index (χ1n) is 8.46. The highest BCUT2D eigenvalue weighted by Crippen LogP contribution is 2.39. The minimum atomic E-state index is -0.906. The van der Waals surface area contributed by atoms with Crippen LogP contribution in [0.25, 0.3) is 0 Å². The lowest BCUT2D eigenvalue weighted by atomic mass is 9.88. The highest BCUT2D eigenvalue weighted by atomic mass is 79.9. The first kappa shape index (κ1) is 18.5. The van der Waals surface area contributed by atoms with Gasteiger partial charge in [0.2, 0.25) is 11.8 Å². The maximum atomic E-state index is 12.8. The molecule has 0 aromatic carbocycles. The molecule has 0 aliphatic carbocycles. The summed E-state index contributed by atoms with van der Waals surface area (Å²) in [7, 11) is 0. The molecule has 0 atom stereocenters. The van der Waals surface area contributed by atoms with Gasteiger partial charge in [-0.3, -0.25) is 9.59 Å². The van der Waals surface area contributed by atoms with E-state index in [9.17, 15) is 14.7 Å². The van der Waals surface area contributed by atoms with Crippen LogP contribution in [-0.4, -0.2) is 57.9 Å². The van der Waals surface area contributed by atoms with Crippen molar-refractivity contribution in [3.05, 3.63) is 27.6 Å². The van der Waals surface area contributed by atoms with Crippen LogP contribution in [0.4, 0.5) is 0 Å². The van der Waals surface area contributed by atoms with E-state index in [1.54, 1.807) is 10.4 Å². The Morgan fingerprint density at radius 2 is 1.92 bits per heavy atom. The summed E-state index contributed by atoms with van der Waals surface area (Å²) >= 11 is 4.83. The monoisotopic (exact) mass is 427 g/mol. The van der Waals surface area contributed by atoms with E-state index in [4.69, 9.17) is 0 Å². The number of nitrogens with zero attached hydrogens (tertiary/aromatic N) is 3. The number of hydrogen-bond donors (Lipinski definition) is 1. The molecule has 0 bridgehead atoms. The SMILES string of the molecule is C=CC(=O)N1CCC(C(=O)N2CCC(O)(c3scnc3Br)CC2)CC1. The summed E-state index contributed by atoms with van der Waals surface area (Å²) in [4.78, 5) is 33.0. The lowest BCUT2D eigenvalue weighted by Gasteiger charge is -2.40. The zero-order chi connectivity index (χ0) is 18.0. The molecule has 1 aromatic rings. The maximum absolute atomic E-state index is 12.8. The van der Waals surface area contributed by atoms with Crippen LogP contribution in [0.5, 0.6) is 0 Å². The predicted octanol–water partition coefficient (Wildman–Crippen LogP) is 2.14. The van der Waals surface area contributed by atoms with E-state index in [1.165, 1.54) is 17.4 Å². The number of likely N-dealkylation sites (tertiary alicyclic amines) is 2. The van der Waals surface area contributed by atoms with Crippen molar-refractivity contribution in [2.24, 2.45) is 5.92 Å². The van der Waals surface area contributed by atoms with Gasteiger partial charge in [0.05, 0.1) is 10.4 Å². The smallest absolute Gasteiger partial charge is 0.245 e. The highest BCUT2D eigenvalue weighted by molar-refractivity contribution is 9.10. The largest absolute Gasteiger partial charge is 0.384 e. The van der Waals surface area contributed by atoms with Crippen LogP contribution in [0.1, 0.15) is 30.6 Å². The Hall–Kier alpha value is -1.25. The minimum Gasteiger partial charge on any atom is -0.384 e. The van der Waals surface area contributed by atoms with Gasteiger partial charge in [-0.25, -0.2) is 4.98 Å². The minimum absolute atomic E-state index is 0.0322. The van der Waals surface area contributed by atoms with Gasteiger partial charge in [0.15, 0.2) is 0 Å². The fourth-order valence-electron chi connectivity index (χ4n) is 3.59. The van der Waals surface area contributed by atoms with Crippen LogP contribution in [0.3, 0.4) is 0 Å². The third-order valence-electron chi connectivity index (χ3n) is 5.18. The van der Waals surface area contributed by atoms with Crippen LogP contribution in [-0.2, 0) is 15.2 Å². The molecule has 2 aliphatic heterocycles. The maximum Gasteiger partial charge on any atom is 0.245 e. The lowest BCUT2D eigenvalue weighted by Crippen LogP contribution is -2.49. The summed E-state index contributed by atoms with van der Waals surface area (Å²) in [6.45, 7) is 5.81. The van der Waals surface area contributed by atoms with E-state index in [1.807, 2.05) is 4.90 Å². The highest BCUT2D eigenvalue weighted by Gasteiger charge is 2.39. The summed E-state index contributed by atoms with van der Waals surface area (Å²) < 4.78 is 0.694. The number of aromatic nitrogens is 1. The number of piperidine rings is 2. The first-order chi connectivity index (χ1) is 11.9. The second-order valence-corrected chi connectivity index (χ2v) is 8.24. The van der Waals surface area contributed by atoms with Crippen LogP contribution in [0, 0.1) is 5.92 Å². The number of carbonyl (C=O) groups excluding carboxylic acids is 2. The molecule has 8 heteroatoms. The number of halogens is 1. The van der Waals surface area contributed by atoms with Gasteiger partial charge in [0, 0.05) is 32.1 Å². The third kappa shape index (κ3) is 3.80. The van der Waals surface area contributed by atoms with Crippen molar-refractivity contribution in [2.45, 2.75) is 31.3 Å². The molecule has 6 nitrogen and oxygen atoms in total. The second kappa shape index (κ2) is 7.55. The molecular weight excluding hydrogens is 406 g/mol. The Balaban J connectivity index is 1.55. The van der Waals surface area contributed by atoms with E-state index in [0.717, 1.165) is 4.88 Å². The van der Waals surface area contributed by atoms with Gasteiger partial charge < -0.3 is 14.9 Å². The number of amides is 2. The van der Waals surface area contributed by atoms with E-state index < -0.39 is 5.60 Å². The van der Waals surface area contributed by atoms with Crippen molar-refractivity contribution in [1.29, 1.82) is 0 Å². The number of hydrogen-bond acceptors (Lipinski definition) is 5. The zero-order valence-electron chi connectivity index (χ0n) is 14.0. The zero-order valence-corrected chi connectivity index (χ0v) is 16.4. The van der Waals surface area contributed by atoms with E-state index >= 15 is 0 Å². The van der Waals surface area contributed by atoms with Crippen molar-refractivity contribution < 1.29 is 14.7 Å². The molecule has 2 saturated heterocycles. The molecule has 2 aliphatic rings. The fraction of sp³-hybridized carbons (Fsp3) is 0.588. The van der Waals surface area contributed by atoms with Crippen molar-refractivity contribution >= 4 is 39.1 Å². The van der Waals surface area contributed by atoms with E-state index in [0.29, 0.717) is 56.5 Å². The van der Waals surface area contributed by atoms with Crippen molar-refractivity contribution in [2.75, 3.05) is 26.2 Å². The van der Waals surface area contributed by atoms with Crippen molar-refractivity contribution in [3.63, 3.8) is 0 Å². The number of carbonyl (C=O) groups is 2. The molecule has 3 rings (SSSR count). The van der Waals surface area contributed by atoms with Crippen LogP contribution in [0.2, 0.25) is 0 Å². The quantitative estimate of drug-likeness (QED) is 0.749. The second-order valence-electron chi connectivity index (χ2n) is 6.63. The van der Waals surface area contributed by atoms with Gasteiger partial charge in [0.1, 0.15) is 10.2 Å². The summed E-state index contributed by atoms with van der Waals surface area (Å²) in [6.07, 6.45) is 3.75. The summed E-state index contributed by atoms with van der Waals surface area (Å²) in [5.74, 6) is 0.0513. The van der Waals surface area contributed by atoms with Gasteiger partial charge in [0.25, 0.3) is 0 Å². The molecule has 136 valence electrons. The molecule has 0 radical (unpaired) electrons. The molecule has 2 amide bonds. The van der Waals surface area contributed by atoms with E-state index in [2.05, 4.69) is 27.5 Å². The summed E-state index contributed by atoms with van der Waals surface area (Å²) in [5.41, 5.74) is 0.809. The van der Waals surface area contributed by atoms with Crippen LogP contribution >= 0.6 is 27.3 Å². The Kier molecular flexibility index (Phi) is 5.60. The summed E-state index contributed by atoms with van der Waals surface area (Å²) in [5, 5.41) is 10.9. The van der Waals surface area contributed by atoms with Gasteiger partial charge in [-0.1, -0.05) is 6.58 Å². The van der Waals surface area contributed by atoms with E-state index in [-0.39, 0.29) is 17.7 Å². The van der Waals surface area contributed by atoms with Gasteiger partial charge in [-0.05, 0) is 47.7 Å². The standard InChI is InChI=1S/C17H22BrN3O3S/c1-2-13(22)20-7-3-12(4-8-20)16(23)21-9-5-17(24,6-10-21)14-15(18)19-11-25-14/h2,11-12,24H,1,3-10H2. The molecule has 25 heavy (non-hydrogen) atoms. The number of aliphatic hydroxyl groups is 1. The topological polar surface area (TPSA) is 73.7 Å². The number of thiazole rings is 1. The molecule has 1 N–H and O–H groups in total. The Bertz CT molecular complexity index is 662. The van der Waals surface area contributed by atoms with Gasteiger partial charge in [-0.2, -0.15) is 0 Å². The molecule has 0 unspecified atom stereocenters.